The number of hydrogen-bond acceptors (Lipinski definition) is 6. The number of nitrogens with zero attached hydrogens (tertiary/aromatic N) is 3. The Morgan fingerprint density at radius 3 is 2.83 bits per heavy atom. The third kappa shape index (κ3) is 4.25. The van der Waals surface area contributed by atoms with Crippen LogP contribution in [-0.2, 0) is 22.7 Å². The molecule has 3 aliphatic heterocycles. The van der Waals surface area contributed by atoms with Crippen LogP contribution in [0.4, 0.5) is 0 Å². The van der Waals surface area contributed by atoms with Gasteiger partial charge >= 0.3 is 0 Å². The summed E-state index contributed by atoms with van der Waals surface area (Å²) in [6.45, 7) is 2.93. The Morgan fingerprint density at radius 2 is 1.94 bits per heavy atom. The van der Waals surface area contributed by atoms with Gasteiger partial charge < -0.3 is 9.64 Å². The van der Waals surface area contributed by atoms with Gasteiger partial charge in [0.05, 0.1) is 5.52 Å². The van der Waals surface area contributed by atoms with Crippen molar-refractivity contribution in [3.8, 4) is 5.75 Å². The summed E-state index contributed by atoms with van der Waals surface area (Å²) >= 11 is 0. The van der Waals surface area contributed by atoms with Crippen molar-refractivity contribution in [2.45, 2.75) is 44.5 Å². The third-order valence-electron chi connectivity index (χ3n) is 7.08. The van der Waals surface area contributed by atoms with Gasteiger partial charge in [-0.3, -0.25) is 29.6 Å². The van der Waals surface area contributed by atoms with Gasteiger partial charge in [-0.15, -0.1) is 0 Å². The van der Waals surface area contributed by atoms with Crippen molar-refractivity contribution in [2.75, 3.05) is 13.1 Å². The molecular formula is C27H26N4O4. The van der Waals surface area contributed by atoms with E-state index in [9.17, 15) is 14.4 Å². The minimum absolute atomic E-state index is 0.0456. The Morgan fingerprint density at radius 1 is 1.06 bits per heavy atom. The molecule has 0 bridgehead atoms. The van der Waals surface area contributed by atoms with Crippen molar-refractivity contribution < 1.29 is 19.1 Å². The number of benzene rings is 2. The first kappa shape index (κ1) is 21.7. The van der Waals surface area contributed by atoms with Gasteiger partial charge in [-0.25, -0.2) is 0 Å². The van der Waals surface area contributed by atoms with E-state index in [0.717, 1.165) is 42.5 Å². The molecule has 2 atom stereocenters. The Bertz CT molecular complexity index is 1340. The Balaban J connectivity index is 1.09. The minimum atomic E-state index is -0.607. The number of rotatable bonds is 5. The number of ether oxygens (including phenoxy) is 1. The molecule has 2 saturated heterocycles. The minimum Gasteiger partial charge on any atom is -0.489 e. The van der Waals surface area contributed by atoms with E-state index in [1.165, 1.54) is 5.56 Å². The molecule has 2 unspecified atom stereocenters. The molecule has 0 aliphatic carbocycles. The zero-order chi connectivity index (χ0) is 23.9. The first-order valence-electron chi connectivity index (χ1n) is 12.0. The molecule has 0 spiro atoms. The van der Waals surface area contributed by atoms with Gasteiger partial charge in [-0.2, -0.15) is 0 Å². The summed E-state index contributed by atoms with van der Waals surface area (Å²) in [6.07, 6.45) is 3.51. The maximum Gasteiger partial charge on any atom is 0.255 e. The zero-order valence-corrected chi connectivity index (χ0v) is 19.3. The van der Waals surface area contributed by atoms with Crippen molar-refractivity contribution >= 4 is 28.6 Å². The van der Waals surface area contributed by atoms with Gasteiger partial charge in [-0.05, 0) is 48.2 Å². The fraction of sp³-hybridized carbons (Fsp3) is 0.333. The Labute approximate surface area is 202 Å². The number of fused-ring (bicyclic) bond motifs is 2. The van der Waals surface area contributed by atoms with Gasteiger partial charge in [0.25, 0.3) is 5.91 Å². The van der Waals surface area contributed by atoms with Crippen LogP contribution in [0.15, 0.2) is 54.7 Å². The highest BCUT2D eigenvalue weighted by atomic mass is 16.5. The van der Waals surface area contributed by atoms with Gasteiger partial charge in [0, 0.05) is 49.7 Å². The van der Waals surface area contributed by atoms with Crippen LogP contribution in [0.3, 0.4) is 0 Å². The maximum absolute atomic E-state index is 13.1. The summed E-state index contributed by atoms with van der Waals surface area (Å²) in [5.41, 5.74) is 3.63. The quantitative estimate of drug-likeness (QED) is 0.577. The van der Waals surface area contributed by atoms with E-state index in [-0.39, 0.29) is 24.3 Å². The number of likely N-dealkylation sites (tertiary alicyclic amines) is 1. The number of piperidine rings is 1. The number of aromatic nitrogens is 1. The van der Waals surface area contributed by atoms with E-state index < -0.39 is 11.9 Å². The fourth-order valence-corrected chi connectivity index (χ4v) is 5.30. The zero-order valence-electron chi connectivity index (χ0n) is 19.3. The monoisotopic (exact) mass is 470 g/mol. The van der Waals surface area contributed by atoms with Crippen LogP contribution in [0.1, 0.15) is 40.7 Å². The van der Waals surface area contributed by atoms with Crippen LogP contribution in [0.2, 0.25) is 0 Å². The van der Waals surface area contributed by atoms with Crippen LogP contribution in [0.5, 0.6) is 5.75 Å². The topological polar surface area (TPSA) is 91.8 Å². The fourth-order valence-electron chi connectivity index (χ4n) is 5.30. The lowest BCUT2D eigenvalue weighted by Crippen LogP contribution is -2.52. The number of hydrogen-bond donors (Lipinski definition) is 1. The van der Waals surface area contributed by atoms with Crippen LogP contribution >= 0.6 is 0 Å². The summed E-state index contributed by atoms with van der Waals surface area (Å²) in [6, 6.07) is 15.3. The molecular weight excluding hydrogens is 444 g/mol. The second kappa shape index (κ2) is 8.78. The summed E-state index contributed by atoms with van der Waals surface area (Å²) < 4.78 is 6.25. The number of imide groups is 1. The molecule has 3 amide bonds. The second-order valence-corrected chi connectivity index (χ2v) is 9.52. The lowest BCUT2D eigenvalue weighted by atomic mass is 10.0. The number of carbonyl (C=O) groups excluding carboxylic acids is 3. The predicted octanol–water partition coefficient (Wildman–Crippen LogP) is 2.65. The summed E-state index contributed by atoms with van der Waals surface area (Å²) in [4.78, 5) is 45.3. The van der Waals surface area contributed by atoms with Crippen LogP contribution < -0.4 is 10.1 Å². The number of pyridine rings is 1. The normalized spacial score (nSPS) is 22.5. The van der Waals surface area contributed by atoms with E-state index in [0.29, 0.717) is 24.3 Å². The molecule has 8 heteroatoms. The number of nitrogens with one attached hydrogen (secondary N) is 1. The van der Waals surface area contributed by atoms with Crippen molar-refractivity contribution in [1.82, 2.24) is 20.1 Å². The maximum atomic E-state index is 13.1. The van der Waals surface area contributed by atoms with E-state index in [2.05, 4.69) is 27.3 Å². The molecule has 6 rings (SSSR count). The van der Waals surface area contributed by atoms with Crippen molar-refractivity contribution in [1.29, 1.82) is 0 Å². The van der Waals surface area contributed by atoms with Crippen LogP contribution in [0.25, 0.3) is 10.9 Å². The first-order valence-corrected chi connectivity index (χ1v) is 12.0. The Hall–Kier alpha value is -3.78. The van der Waals surface area contributed by atoms with Crippen molar-refractivity contribution in [2.24, 2.45) is 0 Å². The number of para-hydroxylation sites is 1. The van der Waals surface area contributed by atoms with Gasteiger partial charge in [-0.1, -0.05) is 24.3 Å². The third-order valence-corrected chi connectivity index (χ3v) is 7.08. The van der Waals surface area contributed by atoms with E-state index in [1.807, 2.05) is 36.5 Å². The molecule has 178 valence electrons. The predicted molar refractivity (Wildman–Crippen MR) is 129 cm³/mol. The SMILES string of the molecule is O=C1CCC(N2Cc3ccc(OC4CCN(Cc5cnc6ccccc6c5)C4)cc3C2=O)C(=O)N1. The lowest BCUT2D eigenvalue weighted by Gasteiger charge is -2.29. The molecule has 0 radical (unpaired) electrons. The van der Waals surface area contributed by atoms with E-state index >= 15 is 0 Å². The highest BCUT2D eigenvalue weighted by molar-refractivity contribution is 6.05. The molecule has 3 aromatic rings. The van der Waals surface area contributed by atoms with E-state index in [4.69, 9.17) is 4.74 Å². The molecule has 1 N–H and O–H groups in total. The molecule has 3 aliphatic rings. The summed E-state index contributed by atoms with van der Waals surface area (Å²) in [7, 11) is 0. The number of amides is 3. The number of carbonyl (C=O) groups is 3. The van der Waals surface area contributed by atoms with Crippen molar-refractivity contribution in [3.63, 3.8) is 0 Å². The smallest absolute Gasteiger partial charge is 0.255 e. The molecule has 8 nitrogen and oxygen atoms in total. The standard InChI is InChI=1S/C27H26N4O4/c32-25-8-7-24(26(33)29-25)31-15-19-5-6-20(12-22(19)27(31)34)35-21-9-10-30(16-21)14-17-11-18-3-1-2-4-23(18)28-13-17/h1-6,11-13,21,24H,7-10,14-16H2,(H,29,32,33). The molecule has 1 aromatic heterocycles. The molecule has 0 saturated carbocycles. The molecule has 2 aromatic carbocycles. The molecule has 4 heterocycles. The lowest BCUT2D eigenvalue weighted by molar-refractivity contribution is -0.136. The highest BCUT2D eigenvalue weighted by Crippen LogP contribution is 2.31. The van der Waals surface area contributed by atoms with Crippen molar-refractivity contribution in [3.05, 3.63) is 71.4 Å². The Kier molecular flexibility index (Phi) is 5.45. The van der Waals surface area contributed by atoms with Gasteiger partial charge in [0.15, 0.2) is 0 Å². The average molecular weight is 471 g/mol. The summed E-state index contributed by atoms with van der Waals surface area (Å²) in [5, 5.41) is 3.48. The highest BCUT2D eigenvalue weighted by Gasteiger charge is 2.39. The van der Waals surface area contributed by atoms with Gasteiger partial charge in [0.1, 0.15) is 17.9 Å². The van der Waals surface area contributed by atoms with Crippen LogP contribution in [-0.4, -0.2) is 57.7 Å². The average Bonchev–Trinajstić information content (AvgIpc) is 3.43. The molecule has 2 fully saturated rings. The summed E-state index contributed by atoms with van der Waals surface area (Å²) in [5.74, 6) is -0.196. The molecule has 35 heavy (non-hydrogen) atoms. The van der Waals surface area contributed by atoms with Gasteiger partial charge in [0.2, 0.25) is 11.8 Å². The van der Waals surface area contributed by atoms with E-state index in [1.54, 1.807) is 11.0 Å². The second-order valence-electron chi connectivity index (χ2n) is 9.52. The largest absolute Gasteiger partial charge is 0.489 e. The first-order chi connectivity index (χ1) is 17.0. The van der Waals surface area contributed by atoms with Crippen LogP contribution in [0, 0.1) is 0 Å².